The van der Waals surface area contributed by atoms with Gasteiger partial charge in [0.25, 0.3) is 0 Å². The molecule has 2 atom stereocenters. The SMILES string of the molecule is Cc1c(F)c(F)c(C(=O)[O-])c(C2=C3C=CC(=[N+]4CCC4)C=C3P(=O)(P)c3cc(N4CCC4)ccc32)c1F. The second kappa shape index (κ2) is 8.54. The van der Waals surface area contributed by atoms with Gasteiger partial charge in [-0.2, -0.15) is 0 Å². The molecule has 1 aliphatic carbocycles. The first kappa shape index (κ1) is 24.4. The number of fused-ring (bicyclic) bond motifs is 2. The summed E-state index contributed by atoms with van der Waals surface area (Å²) in [5.41, 5.74) is -0.0428. The minimum atomic E-state index is -3.33. The summed E-state index contributed by atoms with van der Waals surface area (Å²) in [4.78, 5) is 14.2. The molecule has 6 rings (SSSR count). The van der Waals surface area contributed by atoms with Crippen LogP contribution < -0.4 is 15.3 Å². The Morgan fingerprint density at radius 3 is 2.41 bits per heavy atom. The molecule has 0 spiro atoms. The summed E-state index contributed by atoms with van der Waals surface area (Å²) in [6.07, 6.45) is 7.30. The van der Waals surface area contributed by atoms with E-state index in [-0.39, 0.29) is 5.57 Å². The first-order chi connectivity index (χ1) is 17.6. The lowest BCUT2D eigenvalue weighted by atomic mass is 9.85. The molecule has 2 aromatic rings. The van der Waals surface area contributed by atoms with Crippen molar-refractivity contribution >= 4 is 44.0 Å². The van der Waals surface area contributed by atoms with Gasteiger partial charge in [-0.15, -0.1) is 0 Å². The molecule has 5 nitrogen and oxygen atoms in total. The van der Waals surface area contributed by atoms with Gasteiger partial charge in [0.15, 0.2) is 18.5 Å². The van der Waals surface area contributed by atoms with Gasteiger partial charge in [-0.1, -0.05) is 15.0 Å². The number of nitrogens with zero attached hydrogens (tertiary/aromatic N) is 2. The maximum absolute atomic E-state index is 15.8. The van der Waals surface area contributed by atoms with Gasteiger partial charge in [-0.05, 0) is 42.7 Å². The summed E-state index contributed by atoms with van der Waals surface area (Å²) in [6.45, 7) is 1.11. The highest BCUT2D eigenvalue weighted by molar-refractivity contribution is 8.24. The van der Waals surface area contributed by atoms with Gasteiger partial charge < -0.3 is 19.4 Å². The van der Waals surface area contributed by atoms with Gasteiger partial charge >= 0.3 is 0 Å². The number of anilines is 1. The van der Waals surface area contributed by atoms with Crippen LogP contribution in [0.4, 0.5) is 18.9 Å². The van der Waals surface area contributed by atoms with E-state index in [2.05, 4.69) is 18.4 Å². The topological polar surface area (TPSA) is 63.4 Å². The van der Waals surface area contributed by atoms with Crippen LogP contribution in [0.3, 0.4) is 0 Å². The second-order valence-corrected chi connectivity index (χ2v) is 14.2. The Hall–Kier alpha value is -2.95. The monoisotopic (exact) mass is 542 g/mol. The Kier molecular flexibility index (Phi) is 5.63. The summed E-state index contributed by atoms with van der Waals surface area (Å²) >= 11 is 0. The summed E-state index contributed by atoms with van der Waals surface area (Å²) in [5, 5.41) is 12.9. The van der Waals surface area contributed by atoms with Crippen molar-refractivity contribution < 1.29 is 32.2 Å². The van der Waals surface area contributed by atoms with E-state index in [1.807, 2.05) is 0 Å². The van der Waals surface area contributed by atoms with E-state index >= 15 is 8.78 Å². The minimum Gasteiger partial charge on any atom is -0.545 e. The summed E-state index contributed by atoms with van der Waals surface area (Å²) in [7, 11) is 2.47. The van der Waals surface area contributed by atoms with E-state index in [0.717, 1.165) is 57.3 Å². The van der Waals surface area contributed by atoms with Crippen LogP contribution in [0.2, 0.25) is 0 Å². The number of carbonyl (C=O) groups is 1. The molecule has 10 heteroatoms. The minimum absolute atomic E-state index is 0.0583. The smallest absolute Gasteiger partial charge is 0.200 e. The average Bonchev–Trinajstić information content (AvgIpc) is 2.79. The van der Waals surface area contributed by atoms with Crippen molar-refractivity contribution in [3.63, 3.8) is 0 Å². The molecule has 0 saturated carbocycles. The quantitative estimate of drug-likeness (QED) is 0.336. The van der Waals surface area contributed by atoms with Crippen LogP contribution in [0.25, 0.3) is 5.57 Å². The summed E-state index contributed by atoms with van der Waals surface area (Å²) in [5.74, 6) is -6.48. The van der Waals surface area contributed by atoms with Crippen molar-refractivity contribution in [2.24, 2.45) is 0 Å². The molecule has 2 aromatic carbocycles. The maximum atomic E-state index is 15.8. The number of carboxylic acids is 1. The Bertz CT molecular complexity index is 1600. The molecule has 190 valence electrons. The van der Waals surface area contributed by atoms with Crippen molar-refractivity contribution in [2.75, 3.05) is 31.1 Å². The number of carbonyl (C=O) groups excluding carboxylic acids is 1. The maximum Gasteiger partial charge on any atom is 0.200 e. The van der Waals surface area contributed by atoms with Gasteiger partial charge in [0.2, 0.25) is 5.71 Å². The van der Waals surface area contributed by atoms with Gasteiger partial charge in [0.05, 0.1) is 12.4 Å². The number of hydrogen-bond donors (Lipinski definition) is 0. The molecule has 0 N–H and O–H groups in total. The van der Waals surface area contributed by atoms with Crippen LogP contribution in [-0.2, 0) is 4.57 Å². The largest absolute Gasteiger partial charge is 0.545 e. The van der Waals surface area contributed by atoms with E-state index in [0.29, 0.717) is 21.8 Å². The fourth-order valence-corrected chi connectivity index (χ4v) is 8.58. The highest BCUT2D eigenvalue weighted by atomic mass is 32.0. The van der Waals surface area contributed by atoms with Crippen LogP contribution in [-0.4, -0.2) is 42.4 Å². The van der Waals surface area contributed by atoms with Crippen LogP contribution in [0, 0.1) is 24.4 Å². The highest BCUT2D eigenvalue weighted by Crippen LogP contribution is 2.68. The second-order valence-electron chi connectivity index (χ2n) is 9.72. The van der Waals surface area contributed by atoms with Crippen molar-refractivity contribution in [3.05, 3.63) is 87.0 Å². The molecular formula is C27H23F3N2O3P2. The molecule has 2 fully saturated rings. The predicted molar refractivity (Wildman–Crippen MR) is 138 cm³/mol. The van der Waals surface area contributed by atoms with Gasteiger partial charge in [0.1, 0.15) is 18.9 Å². The van der Waals surface area contributed by atoms with Crippen molar-refractivity contribution in [3.8, 4) is 0 Å². The van der Waals surface area contributed by atoms with Gasteiger partial charge in [0, 0.05) is 63.8 Å². The molecule has 4 aliphatic rings. The van der Waals surface area contributed by atoms with E-state index < -0.39 is 46.9 Å². The molecule has 37 heavy (non-hydrogen) atoms. The molecule has 2 saturated heterocycles. The third-order valence-corrected chi connectivity index (χ3v) is 11.5. The normalized spacial score (nSPS) is 22.3. The van der Waals surface area contributed by atoms with Crippen LogP contribution in [0.15, 0.2) is 47.3 Å². The van der Waals surface area contributed by atoms with E-state index in [4.69, 9.17) is 0 Å². The highest BCUT2D eigenvalue weighted by Gasteiger charge is 2.41. The Morgan fingerprint density at radius 2 is 1.81 bits per heavy atom. The Morgan fingerprint density at radius 1 is 1.08 bits per heavy atom. The lowest BCUT2D eigenvalue weighted by molar-refractivity contribution is -0.582. The number of halogens is 3. The molecule has 0 radical (unpaired) electrons. The van der Waals surface area contributed by atoms with Crippen molar-refractivity contribution in [1.82, 2.24) is 0 Å². The Labute approximate surface area is 214 Å². The first-order valence-electron chi connectivity index (χ1n) is 12.1. The molecule has 2 unspecified atom stereocenters. The molecule has 0 bridgehead atoms. The van der Waals surface area contributed by atoms with E-state index in [1.54, 1.807) is 36.4 Å². The zero-order chi connectivity index (χ0) is 26.2. The third-order valence-electron chi connectivity index (χ3n) is 7.65. The molecule has 0 aromatic heterocycles. The Balaban J connectivity index is 1.73. The average molecular weight is 542 g/mol. The number of benzene rings is 2. The summed E-state index contributed by atoms with van der Waals surface area (Å²) < 4.78 is 61.8. The number of hydrogen-bond acceptors (Lipinski definition) is 4. The number of aromatic carboxylic acids is 1. The van der Waals surface area contributed by atoms with E-state index in [1.165, 1.54) is 0 Å². The molecule has 0 amide bonds. The van der Waals surface area contributed by atoms with Crippen LogP contribution in [0.5, 0.6) is 0 Å². The lowest BCUT2D eigenvalue weighted by Crippen LogP contribution is -2.37. The first-order valence-corrected chi connectivity index (χ1v) is 15.4. The molecule has 3 heterocycles. The van der Waals surface area contributed by atoms with Gasteiger partial charge in [-0.3, -0.25) is 0 Å². The standard InChI is InChI=1S/C27H23F3N2O3P2/c1-14-24(28)22(23(27(33)34)26(30)25(14)29)21-17-6-4-15(31-8-2-9-31)12-19(17)37(35,36)20-13-16(5-7-18(20)21)32-10-3-11-32/h4-7,12-13H,2-3,8-11,36H2,1H3. The number of rotatable bonds is 3. The zero-order valence-corrected chi connectivity index (χ0v) is 22.0. The van der Waals surface area contributed by atoms with Gasteiger partial charge in [-0.25, -0.2) is 17.7 Å². The molecular weight excluding hydrogens is 519 g/mol. The fourth-order valence-electron chi connectivity index (χ4n) is 5.30. The lowest BCUT2D eigenvalue weighted by Gasteiger charge is -2.36. The number of carboxylic acid groups (broad SMARTS) is 1. The van der Waals surface area contributed by atoms with E-state index in [9.17, 15) is 18.9 Å². The summed E-state index contributed by atoms with van der Waals surface area (Å²) in [6, 6.07) is 5.24. The predicted octanol–water partition coefficient (Wildman–Crippen LogP) is 3.89. The van der Waals surface area contributed by atoms with Crippen LogP contribution in [0.1, 0.15) is 39.9 Å². The van der Waals surface area contributed by atoms with Crippen molar-refractivity contribution in [1.29, 1.82) is 0 Å². The van der Waals surface area contributed by atoms with Crippen molar-refractivity contribution in [2.45, 2.75) is 19.8 Å². The molecule has 3 aliphatic heterocycles. The number of allylic oxidation sites excluding steroid dienone is 5. The fraction of sp³-hybridized carbons (Fsp3) is 0.259. The third kappa shape index (κ3) is 3.53. The zero-order valence-electron chi connectivity index (χ0n) is 20.0. The van der Waals surface area contributed by atoms with Crippen LogP contribution >= 0.6 is 15.8 Å².